The number of aliphatic hydroxyl groups excluding tert-OH is 1. The van der Waals surface area contributed by atoms with E-state index in [1.807, 2.05) is 42.5 Å². The molecule has 0 aromatic heterocycles. The third kappa shape index (κ3) is 3.01. The number of hydrogen-bond donors (Lipinski definition) is 1. The van der Waals surface area contributed by atoms with Gasteiger partial charge in [0.25, 0.3) is 5.91 Å². The van der Waals surface area contributed by atoms with Gasteiger partial charge in [0.2, 0.25) is 0 Å². The number of hydrogen-bond acceptors (Lipinski definition) is 3. The Morgan fingerprint density at radius 1 is 0.929 bits per heavy atom. The van der Waals surface area contributed by atoms with Gasteiger partial charge >= 0.3 is 0 Å². The first-order chi connectivity index (χ1) is 13.6. The topological polar surface area (TPSA) is 49.8 Å². The van der Waals surface area contributed by atoms with Crippen molar-refractivity contribution in [1.29, 1.82) is 0 Å². The monoisotopic (exact) mass is 375 g/mol. The molecular weight excluding hydrogens is 357 g/mol. The highest BCUT2D eigenvalue weighted by molar-refractivity contribution is 6.15. The number of anilines is 1. The maximum absolute atomic E-state index is 13.4. The highest BCUT2D eigenvalue weighted by atomic mass is 19.1. The first-order valence-electron chi connectivity index (χ1n) is 8.82. The van der Waals surface area contributed by atoms with Crippen molar-refractivity contribution in [1.82, 2.24) is 0 Å². The van der Waals surface area contributed by atoms with Crippen molar-refractivity contribution in [2.45, 2.75) is 6.04 Å². The summed E-state index contributed by atoms with van der Waals surface area (Å²) in [7, 11) is 1.58. The van der Waals surface area contributed by atoms with Crippen LogP contribution in [-0.2, 0) is 4.79 Å². The van der Waals surface area contributed by atoms with Crippen molar-refractivity contribution in [3.63, 3.8) is 0 Å². The van der Waals surface area contributed by atoms with Crippen LogP contribution in [0, 0.1) is 5.82 Å². The second-order valence-electron chi connectivity index (χ2n) is 6.46. The number of rotatable bonds is 4. The molecular formula is C23H18FNO3. The number of aliphatic hydroxyl groups is 1. The van der Waals surface area contributed by atoms with E-state index in [0.717, 1.165) is 5.56 Å². The summed E-state index contributed by atoms with van der Waals surface area (Å²) in [5.74, 6) is -0.548. The van der Waals surface area contributed by atoms with Crippen LogP contribution in [0.1, 0.15) is 17.2 Å². The lowest BCUT2D eigenvalue weighted by atomic mass is 9.93. The predicted molar refractivity (Wildman–Crippen MR) is 106 cm³/mol. The van der Waals surface area contributed by atoms with Gasteiger partial charge in [0, 0.05) is 11.3 Å². The molecule has 4 rings (SSSR count). The normalized spacial score (nSPS) is 16.6. The van der Waals surface area contributed by atoms with Crippen LogP contribution < -0.4 is 9.64 Å². The molecule has 1 aliphatic heterocycles. The van der Waals surface area contributed by atoms with Crippen molar-refractivity contribution >= 4 is 17.2 Å². The minimum atomic E-state index is -0.535. The second-order valence-corrected chi connectivity index (χ2v) is 6.46. The van der Waals surface area contributed by atoms with Crippen LogP contribution in [0.25, 0.3) is 5.57 Å². The fraction of sp³-hybridized carbons (Fsp3) is 0.0870. The molecule has 4 nitrogen and oxygen atoms in total. The summed E-state index contributed by atoms with van der Waals surface area (Å²) < 4.78 is 18.6. The number of methoxy groups -OCH3 is 1. The standard InChI is InChI=1S/C23H18FNO3/c1-28-19-13-7-15(8-14-19)20-21(16-5-3-2-4-6-16)25(23(27)22(20)26)18-11-9-17(24)10-12-18/h2-14,21,26H,1H3. The van der Waals surface area contributed by atoms with Crippen molar-refractivity contribution in [2.75, 3.05) is 12.0 Å². The van der Waals surface area contributed by atoms with E-state index >= 15 is 0 Å². The Morgan fingerprint density at radius 2 is 1.57 bits per heavy atom. The third-order valence-electron chi connectivity index (χ3n) is 4.83. The smallest absolute Gasteiger partial charge is 0.294 e. The Balaban J connectivity index is 1.87. The van der Waals surface area contributed by atoms with Gasteiger partial charge in [-0.25, -0.2) is 4.39 Å². The van der Waals surface area contributed by atoms with Crippen molar-refractivity contribution in [3.05, 3.63) is 102 Å². The SMILES string of the molecule is COc1ccc(C2=C(O)C(=O)N(c3ccc(F)cc3)C2c2ccccc2)cc1. The largest absolute Gasteiger partial charge is 0.503 e. The summed E-state index contributed by atoms with van der Waals surface area (Å²) in [4.78, 5) is 14.5. The Bertz CT molecular complexity index is 1030. The lowest BCUT2D eigenvalue weighted by Gasteiger charge is -2.27. The zero-order chi connectivity index (χ0) is 19.7. The molecule has 1 atom stereocenters. The second kappa shape index (κ2) is 7.19. The molecule has 0 aliphatic carbocycles. The first kappa shape index (κ1) is 17.8. The molecule has 1 heterocycles. The minimum absolute atomic E-state index is 0.316. The third-order valence-corrected chi connectivity index (χ3v) is 4.83. The van der Waals surface area contributed by atoms with Gasteiger partial charge in [-0.2, -0.15) is 0 Å². The zero-order valence-electron chi connectivity index (χ0n) is 15.2. The number of carbonyl (C=O) groups excluding carboxylic acids is 1. The maximum Gasteiger partial charge on any atom is 0.294 e. The number of benzene rings is 3. The number of carbonyl (C=O) groups is 1. The molecule has 28 heavy (non-hydrogen) atoms. The van der Waals surface area contributed by atoms with E-state index in [4.69, 9.17) is 4.74 Å². The van der Waals surface area contributed by atoms with Gasteiger partial charge < -0.3 is 9.84 Å². The minimum Gasteiger partial charge on any atom is -0.503 e. The fourth-order valence-corrected chi connectivity index (χ4v) is 3.49. The van der Waals surface area contributed by atoms with Gasteiger partial charge in [0.1, 0.15) is 11.6 Å². The number of nitrogens with zero attached hydrogens (tertiary/aromatic N) is 1. The van der Waals surface area contributed by atoms with Crippen LogP contribution in [0.5, 0.6) is 5.75 Å². The first-order valence-corrected chi connectivity index (χ1v) is 8.82. The fourth-order valence-electron chi connectivity index (χ4n) is 3.49. The molecule has 0 radical (unpaired) electrons. The number of amides is 1. The summed E-state index contributed by atoms with van der Waals surface area (Å²) >= 11 is 0. The quantitative estimate of drug-likeness (QED) is 0.706. The van der Waals surface area contributed by atoms with Crippen LogP contribution in [0.4, 0.5) is 10.1 Å². The van der Waals surface area contributed by atoms with Gasteiger partial charge in [0.15, 0.2) is 5.76 Å². The Labute approximate surface area is 162 Å². The molecule has 0 saturated heterocycles. The summed E-state index contributed by atoms with van der Waals surface area (Å²) in [5.41, 5.74) is 2.57. The molecule has 0 bridgehead atoms. The average Bonchev–Trinajstić information content (AvgIpc) is 3.00. The lowest BCUT2D eigenvalue weighted by molar-refractivity contribution is -0.117. The average molecular weight is 375 g/mol. The summed E-state index contributed by atoms with van der Waals surface area (Å²) in [5, 5.41) is 10.7. The van der Waals surface area contributed by atoms with Gasteiger partial charge in [-0.15, -0.1) is 0 Å². The lowest BCUT2D eigenvalue weighted by Crippen LogP contribution is -2.30. The predicted octanol–water partition coefficient (Wildman–Crippen LogP) is 4.89. The van der Waals surface area contributed by atoms with Crippen molar-refractivity contribution in [3.8, 4) is 5.75 Å². The molecule has 0 spiro atoms. The van der Waals surface area contributed by atoms with Crippen molar-refractivity contribution in [2.24, 2.45) is 0 Å². The molecule has 5 heteroatoms. The molecule has 140 valence electrons. The van der Waals surface area contributed by atoms with E-state index in [0.29, 0.717) is 22.6 Å². The Kier molecular flexibility index (Phi) is 4.57. The number of halogens is 1. The summed E-state index contributed by atoms with van der Waals surface area (Å²) in [6.07, 6.45) is 0. The number of ether oxygens (including phenoxy) is 1. The van der Waals surface area contributed by atoms with E-state index in [-0.39, 0.29) is 11.6 Å². The van der Waals surface area contributed by atoms with Gasteiger partial charge in [0.05, 0.1) is 13.2 Å². The summed E-state index contributed by atoms with van der Waals surface area (Å²) in [6.45, 7) is 0. The van der Waals surface area contributed by atoms with E-state index in [1.54, 1.807) is 19.2 Å². The Morgan fingerprint density at radius 3 is 2.18 bits per heavy atom. The van der Waals surface area contributed by atoms with E-state index in [2.05, 4.69) is 0 Å². The molecule has 1 amide bonds. The summed E-state index contributed by atoms with van der Waals surface area (Å²) in [6, 6.07) is 21.8. The van der Waals surface area contributed by atoms with Crippen LogP contribution in [-0.4, -0.2) is 18.1 Å². The molecule has 0 saturated carbocycles. The molecule has 1 unspecified atom stereocenters. The molecule has 0 fully saturated rings. The molecule has 1 N–H and O–H groups in total. The van der Waals surface area contributed by atoms with Gasteiger partial charge in [-0.3, -0.25) is 9.69 Å². The highest BCUT2D eigenvalue weighted by Crippen LogP contribution is 2.45. The molecule has 3 aromatic rings. The maximum atomic E-state index is 13.4. The van der Waals surface area contributed by atoms with Crippen LogP contribution in [0.3, 0.4) is 0 Å². The highest BCUT2D eigenvalue weighted by Gasteiger charge is 2.41. The van der Waals surface area contributed by atoms with Crippen LogP contribution in [0.15, 0.2) is 84.6 Å². The van der Waals surface area contributed by atoms with Crippen LogP contribution >= 0.6 is 0 Å². The van der Waals surface area contributed by atoms with Gasteiger partial charge in [-0.1, -0.05) is 42.5 Å². The molecule has 1 aliphatic rings. The zero-order valence-corrected chi connectivity index (χ0v) is 15.2. The van der Waals surface area contributed by atoms with Crippen molar-refractivity contribution < 1.29 is 19.0 Å². The van der Waals surface area contributed by atoms with E-state index < -0.39 is 11.9 Å². The van der Waals surface area contributed by atoms with Crippen LogP contribution in [0.2, 0.25) is 0 Å². The van der Waals surface area contributed by atoms with E-state index in [9.17, 15) is 14.3 Å². The van der Waals surface area contributed by atoms with E-state index in [1.165, 1.54) is 29.2 Å². The van der Waals surface area contributed by atoms with Gasteiger partial charge in [-0.05, 0) is 47.5 Å². The molecule has 3 aromatic carbocycles. The Hall–Kier alpha value is -3.60.